The van der Waals surface area contributed by atoms with Crippen molar-refractivity contribution in [3.8, 4) is 11.1 Å². The molecule has 0 radical (unpaired) electrons. The van der Waals surface area contributed by atoms with E-state index in [4.69, 9.17) is 4.98 Å². The number of fused-ring (bicyclic) bond motifs is 1. The highest BCUT2D eigenvalue weighted by molar-refractivity contribution is 5.79. The quantitative estimate of drug-likeness (QED) is 0.585. The Balaban J connectivity index is 1.98. The maximum Gasteiger partial charge on any atom is 0.272 e. The third-order valence-electron chi connectivity index (χ3n) is 5.12. The zero-order chi connectivity index (χ0) is 20.0. The van der Waals surface area contributed by atoms with Crippen molar-refractivity contribution in [2.75, 3.05) is 0 Å². The van der Waals surface area contributed by atoms with Crippen molar-refractivity contribution in [2.24, 2.45) is 5.92 Å². The van der Waals surface area contributed by atoms with E-state index in [2.05, 4.69) is 30.1 Å². The summed E-state index contributed by atoms with van der Waals surface area (Å²) in [5.74, 6) is 0.229. The molecule has 4 rings (SSSR count). The van der Waals surface area contributed by atoms with Gasteiger partial charge in [0.25, 0.3) is 5.56 Å². The highest BCUT2D eigenvalue weighted by Gasteiger charge is 2.25. The van der Waals surface area contributed by atoms with Gasteiger partial charge in [-0.25, -0.2) is 9.50 Å². The molecule has 6 nitrogen and oxygen atoms in total. The molecule has 0 spiro atoms. The number of aryl methyl sites for hydroxylation is 3. The molecule has 0 saturated heterocycles. The second kappa shape index (κ2) is 6.78. The van der Waals surface area contributed by atoms with E-state index in [9.17, 15) is 4.79 Å². The fraction of sp³-hybridized carbons (Fsp3) is 0.318. The molecular weight excluding hydrogens is 350 g/mol. The first-order chi connectivity index (χ1) is 13.4. The van der Waals surface area contributed by atoms with E-state index >= 15 is 0 Å². The molecule has 3 aromatic heterocycles. The summed E-state index contributed by atoms with van der Waals surface area (Å²) < 4.78 is 3.51. The number of rotatable bonds is 4. The molecule has 0 amide bonds. The molecule has 0 aliphatic carbocycles. The summed E-state index contributed by atoms with van der Waals surface area (Å²) in [6.45, 7) is 10.2. The predicted molar refractivity (Wildman–Crippen MR) is 111 cm³/mol. The summed E-state index contributed by atoms with van der Waals surface area (Å²) in [5.41, 5.74) is 6.21. The lowest BCUT2D eigenvalue weighted by molar-refractivity contribution is 0.386. The van der Waals surface area contributed by atoms with Crippen LogP contribution < -0.4 is 5.56 Å². The minimum atomic E-state index is -0.113. The lowest BCUT2D eigenvalue weighted by atomic mass is 10.00. The fourth-order valence-corrected chi connectivity index (χ4v) is 3.95. The van der Waals surface area contributed by atoms with Crippen molar-refractivity contribution in [1.29, 1.82) is 0 Å². The van der Waals surface area contributed by atoms with Crippen molar-refractivity contribution in [2.45, 2.75) is 40.7 Å². The molecule has 3 heterocycles. The Kier molecular flexibility index (Phi) is 4.41. The van der Waals surface area contributed by atoms with Gasteiger partial charge < -0.3 is 0 Å². The van der Waals surface area contributed by atoms with Gasteiger partial charge in [-0.2, -0.15) is 5.10 Å². The zero-order valence-electron chi connectivity index (χ0n) is 16.9. The minimum absolute atomic E-state index is 0.106. The van der Waals surface area contributed by atoms with Crippen molar-refractivity contribution >= 4 is 5.65 Å². The van der Waals surface area contributed by atoms with Gasteiger partial charge in [0.05, 0.1) is 17.4 Å². The number of nitrogens with one attached hydrogen (secondary N) is 1. The molecule has 1 aromatic carbocycles. The average molecular weight is 375 g/mol. The van der Waals surface area contributed by atoms with Gasteiger partial charge >= 0.3 is 0 Å². The Morgan fingerprint density at radius 3 is 2.36 bits per heavy atom. The zero-order valence-corrected chi connectivity index (χ0v) is 16.9. The molecule has 28 heavy (non-hydrogen) atoms. The van der Waals surface area contributed by atoms with Crippen LogP contribution in [0.15, 0.2) is 47.3 Å². The maximum atomic E-state index is 12.9. The van der Waals surface area contributed by atoms with Crippen LogP contribution in [-0.4, -0.2) is 24.4 Å². The number of nitrogens with zero attached hydrogens (tertiary/aromatic N) is 4. The smallest absolute Gasteiger partial charge is 0.272 e. The van der Waals surface area contributed by atoms with Gasteiger partial charge in [-0.05, 0) is 38.3 Å². The molecule has 4 aromatic rings. The van der Waals surface area contributed by atoms with Crippen LogP contribution in [0.1, 0.15) is 42.7 Å². The van der Waals surface area contributed by atoms with Crippen LogP contribution >= 0.6 is 0 Å². The van der Waals surface area contributed by atoms with E-state index in [-0.39, 0.29) is 17.5 Å². The largest absolute Gasteiger partial charge is 0.293 e. The van der Waals surface area contributed by atoms with E-state index < -0.39 is 0 Å². The summed E-state index contributed by atoms with van der Waals surface area (Å²) >= 11 is 0. The lowest BCUT2D eigenvalue weighted by Gasteiger charge is -2.22. The van der Waals surface area contributed by atoms with Crippen LogP contribution in [0.25, 0.3) is 16.8 Å². The average Bonchev–Trinajstić information content (AvgIpc) is 3.14. The number of aromatic nitrogens is 5. The molecule has 0 fully saturated rings. The molecular formula is C22H25N5O. The Morgan fingerprint density at radius 2 is 1.75 bits per heavy atom. The Hall–Kier alpha value is -3.15. The normalized spacial score (nSPS) is 12.8. The molecule has 6 heteroatoms. The summed E-state index contributed by atoms with van der Waals surface area (Å²) in [4.78, 5) is 17.9. The van der Waals surface area contributed by atoms with Crippen LogP contribution in [0.2, 0.25) is 0 Å². The maximum absolute atomic E-state index is 12.9. The van der Waals surface area contributed by atoms with Gasteiger partial charge in [0, 0.05) is 23.0 Å². The third-order valence-corrected chi connectivity index (χ3v) is 5.12. The van der Waals surface area contributed by atoms with Crippen molar-refractivity contribution < 1.29 is 0 Å². The van der Waals surface area contributed by atoms with E-state index in [1.54, 1.807) is 6.07 Å². The van der Waals surface area contributed by atoms with Gasteiger partial charge in [0.15, 0.2) is 5.65 Å². The van der Waals surface area contributed by atoms with Crippen molar-refractivity contribution in [3.63, 3.8) is 0 Å². The number of benzene rings is 1. The Morgan fingerprint density at radius 1 is 1.04 bits per heavy atom. The summed E-state index contributed by atoms with van der Waals surface area (Å²) in [6.07, 6.45) is 0. The summed E-state index contributed by atoms with van der Waals surface area (Å²) in [7, 11) is 0. The van der Waals surface area contributed by atoms with Crippen molar-refractivity contribution in [1.82, 2.24) is 24.4 Å². The van der Waals surface area contributed by atoms with E-state index in [0.717, 1.165) is 33.9 Å². The van der Waals surface area contributed by atoms with Gasteiger partial charge in [-0.3, -0.25) is 14.6 Å². The first-order valence-corrected chi connectivity index (χ1v) is 9.57. The van der Waals surface area contributed by atoms with Gasteiger partial charge in [-0.15, -0.1) is 0 Å². The van der Waals surface area contributed by atoms with Crippen LogP contribution in [0.5, 0.6) is 0 Å². The van der Waals surface area contributed by atoms with Gasteiger partial charge in [-0.1, -0.05) is 44.2 Å². The number of hydrogen-bond donors (Lipinski definition) is 1. The van der Waals surface area contributed by atoms with Gasteiger partial charge in [0.2, 0.25) is 0 Å². The van der Waals surface area contributed by atoms with Crippen molar-refractivity contribution in [3.05, 3.63) is 75.6 Å². The van der Waals surface area contributed by atoms with Crippen LogP contribution in [0.3, 0.4) is 0 Å². The van der Waals surface area contributed by atoms with E-state index in [0.29, 0.717) is 5.65 Å². The second-order valence-corrected chi connectivity index (χ2v) is 7.72. The standard InChI is InChI=1S/C22H25N5O/c1-13(2)21(26-15(4)11-14(3)24-26)18-12-19(28)27-22(23-18)20(16(5)25-27)17-9-7-6-8-10-17/h6-13,21,25H,1-5H3. The molecule has 144 valence electrons. The first-order valence-electron chi connectivity index (χ1n) is 9.57. The number of aromatic amines is 1. The highest BCUT2D eigenvalue weighted by Crippen LogP contribution is 2.30. The Bertz CT molecular complexity index is 1200. The fourth-order valence-electron chi connectivity index (χ4n) is 3.95. The van der Waals surface area contributed by atoms with Crippen LogP contribution in [-0.2, 0) is 0 Å². The second-order valence-electron chi connectivity index (χ2n) is 7.72. The highest BCUT2D eigenvalue weighted by atomic mass is 16.1. The molecule has 0 aliphatic heterocycles. The SMILES string of the molecule is Cc1cc(C)n(C(c2cc(=O)n3[nH]c(C)c(-c4ccccc4)c3n2)C(C)C)n1. The predicted octanol–water partition coefficient (Wildman–Crippen LogP) is 4.06. The first kappa shape index (κ1) is 18.2. The monoisotopic (exact) mass is 375 g/mol. The van der Waals surface area contributed by atoms with E-state index in [1.807, 2.05) is 55.8 Å². The topological polar surface area (TPSA) is 68.0 Å². The molecule has 1 N–H and O–H groups in total. The van der Waals surface area contributed by atoms with Crippen LogP contribution in [0.4, 0.5) is 0 Å². The molecule has 1 unspecified atom stereocenters. The molecule has 0 aliphatic rings. The number of H-pyrrole nitrogens is 1. The number of hydrogen-bond acceptors (Lipinski definition) is 3. The molecule has 0 saturated carbocycles. The lowest BCUT2D eigenvalue weighted by Crippen LogP contribution is -2.24. The molecule has 1 atom stereocenters. The molecule has 0 bridgehead atoms. The van der Waals surface area contributed by atoms with Crippen LogP contribution in [0, 0.1) is 26.7 Å². The summed E-state index contributed by atoms with van der Waals surface area (Å²) in [5, 5.41) is 7.83. The third kappa shape index (κ3) is 2.95. The van der Waals surface area contributed by atoms with E-state index in [1.165, 1.54) is 4.52 Å². The summed E-state index contributed by atoms with van der Waals surface area (Å²) in [6, 6.07) is 13.6. The Labute approximate surface area is 163 Å². The minimum Gasteiger partial charge on any atom is -0.293 e. The van der Waals surface area contributed by atoms with Gasteiger partial charge in [0.1, 0.15) is 0 Å².